The van der Waals surface area contributed by atoms with Gasteiger partial charge in [-0.05, 0) is 36.2 Å². The van der Waals surface area contributed by atoms with E-state index in [2.05, 4.69) is 5.32 Å². The van der Waals surface area contributed by atoms with Crippen molar-refractivity contribution in [3.05, 3.63) is 60.2 Å². The van der Waals surface area contributed by atoms with Crippen molar-refractivity contribution in [2.24, 2.45) is 11.5 Å². The molecule has 3 amide bonds. The Kier molecular flexibility index (Phi) is 5.93. The van der Waals surface area contributed by atoms with Gasteiger partial charge in [-0.15, -0.1) is 0 Å². The number of nitrogens with two attached hydrogens (primary N) is 2. The Morgan fingerprint density at radius 2 is 1.89 bits per heavy atom. The summed E-state index contributed by atoms with van der Waals surface area (Å²) in [6.45, 7) is 1.18. The number of rotatable bonds is 6. The Morgan fingerprint density at radius 1 is 1.15 bits per heavy atom. The maximum Gasteiger partial charge on any atom is 0.312 e. The molecule has 2 aromatic rings. The van der Waals surface area contributed by atoms with Crippen molar-refractivity contribution >= 4 is 11.9 Å². The quantitative estimate of drug-likeness (QED) is 0.725. The van der Waals surface area contributed by atoms with Crippen LogP contribution >= 0.6 is 0 Å². The molecule has 7 nitrogen and oxygen atoms in total. The molecule has 0 aliphatic carbocycles. The van der Waals surface area contributed by atoms with Crippen LogP contribution in [0.2, 0.25) is 0 Å². The lowest BCUT2D eigenvalue weighted by Crippen LogP contribution is -2.38. The van der Waals surface area contributed by atoms with Crippen LogP contribution in [0, 0.1) is 0 Å². The second kappa shape index (κ2) is 8.55. The second-order valence-corrected chi connectivity index (χ2v) is 6.64. The molecule has 2 atom stereocenters. The van der Waals surface area contributed by atoms with Crippen molar-refractivity contribution < 1.29 is 14.3 Å². The number of carbonyl (C=O) groups is 2. The first kappa shape index (κ1) is 18.7. The van der Waals surface area contributed by atoms with Crippen molar-refractivity contribution in [3.8, 4) is 11.5 Å². The summed E-state index contributed by atoms with van der Waals surface area (Å²) >= 11 is 0. The van der Waals surface area contributed by atoms with E-state index in [0.29, 0.717) is 24.6 Å². The van der Waals surface area contributed by atoms with Crippen LogP contribution in [0.25, 0.3) is 0 Å². The number of hydrogen-bond acceptors (Lipinski definition) is 4. The SMILES string of the molecule is NC(=O)NC(CC(=O)N1CC[C@@H](N)C1)c1cccc(Oc2ccccc2)c1. The highest BCUT2D eigenvalue weighted by Gasteiger charge is 2.27. The number of hydrogen-bond donors (Lipinski definition) is 3. The molecule has 142 valence electrons. The maximum atomic E-state index is 12.6. The van der Waals surface area contributed by atoms with Crippen molar-refractivity contribution in [3.63, 3.8) is 0 Å². The highest BCUT2D eigenvalue weighted by molar-refractivity contribution is 5.79. The number of primary amides is 1. The molecule has 2 aromatic carbocycles. The highest BCUT2D eigenvalue weighted by atomic mass is 16.5. The lowest BCUT2D eigenvalue weighted by molar-refractivity contribution is -0.130. The Morgan fingerprint density at radius 3 is 2.56 bits per heavy atom. The highest BCUT2D eigenvalue weighted by Crippen LogP contribution is 2.26. The normalized spacial score (nSPS) is 17.4. The molecule has 1 unspecified atom stereocenters. The largest absolute Gasteiger partial charge is 0.457 e. The van der Waals surface area contributed by atoms with E-state index in [-0.39, 0.29) is 18.4 Å². The molecule has 0 spiro atoms. The maximum absolute atomic E-state index is 12.6. The van der Waals surface area contributed by atoms with Crippen molar-refractivity contribution in [2.45, 2.75) is 24.9 Å². The van der Waals surface area contributed by atoms with Gasteiger partial charge in [-0.1, -0.05) is 30.3 Å². The second-order valence-electron chi connectivity index (χ2n) is 6.64. The Balaban J connectivity index is 1.75. The number of amides is 3. The number of likely N-dealkylation sites (tertiary alicyclic amines) is 1. The first-order valence-electron chi connectivity index (χ1n) is 8.93. The van der Waals surface area contributed by atoms with E-state index >= 15 is 0 Å². The molecule has 1 fully saturated rings. The molecular formula is C20H24N4O3. The van der Waals surface area contributed by atoms with Gasteiger partial charge in [0.1, 0.15) is 11.5 Å². The van der Waals surface area contributed by atoms with Crippen LogP contribution in [-0.4, -0.2) is 36.0 Å². The molecule has 1 aliphatic rings. The van der Waals surface area contributed by atoms with E-state index in [1.54, 1.807) is 11.0 Å². The summed E-state index contributed by atoms with van der Waals surface area (Å²) in [5.74, 6) is 1.26. The van der Waals surface area contributed by atoms with E-state index in [1.165, 1.54) is 0 Å². The summed E-state index contributed by atoms with van der Waals surface area (Å²) in [7, 11) is 0. The van der Waals surface area contributed by atoms with Gasteiger partial charge in [0.25, 0.3) is 0 Å². The lowest BCUT2D eigenvalue weighted by atomic mass is 10.0. The minimum Gasteiger partial charge on any atom is -0.457 e. The zero-order valence-electron chi connectivity index (χ0n) is 15.0. The number of para-hydroxylation sites is 1. The van der Waals surface area contributed by atoms with Gasteiger partial charge in [0, 0.05) is 19.1 Å². The van der Waals surface area contributed by atoms with E-state index < -0.39 is 12.1 Å². The topological polar surface area (TPSA) is 111 Å². The van der Waals surface area contributed by atoms with Gasteiger partial charge in [0.15, 0.2) is 0 Å². The fraction of sp³-hybridized carbons (Fsp3) is 0.300. The van der Waals surface area contributed by atoms with Crippen molar-refractivity contribution in [2.75, 3.05) is 13.1 Å². The summed E-state index contributed by atoms with van der Waals surface area (Å²) in [5, 5.41) is 2.66. The summed E-state index contributed by atoms with van der Waals surface area (Å²) in [6.07, 6.45) is 0.907. The molecule has 5 N–H and O–H groups in total. The Hall–Kier alpha value is -3.06. The standard InChI is InChI=1S/C20H24N4O3/c21-15-9-10-24(13-15)19(25)12-18(23-20(22)26)14-5-4-8-17(11-14)27-16-6-2-1-3-7-16/h1-8,11,15,18H,9-10,12-13,21H2,(H3,22,23,26)/t15-,18?/m1/s1. The molecule has 27 heavy (non-hydrogen) atoms. The van der Waals surface area contributed by atoms with Gasteiger partial charge < -0.3 is 26.4 Å². The van der Waals surface area contributed by atoms with E-state index in [1.807, 2.05) is 48.5 Å². The van der Waals surface area contributed by atoms with E-state index in [4.69, 9.17) is 16.2 Å². The average molecular weight is 368 g/mol. The van der Waals surface area contributed by atoms with Crippen LogP contribution in [0.5, 0.6) is 11.5 Å². The molecular weight excluding hydrogens is 344 g/mol. The third-order valence-electron chi connectivity index (χ3n) is 4.51. The predicted octanol–water partition coefficient (Wildman–Crippen LogP) is 2.14. The van der Waals surface area contributed by atoms with Gasteiger partial charge in [0.05, 0.1) is 12.5 Å². The van der Waals surface area contributed by atoms with Gasteiger partial charge in [-0.25, -0.2) is 4.79 Å². The third-order valence-corrected chi connectivity index (χ3v) is 4.51. The molecule has 1 saturated heterocycles. The molecule has 3 rings (SSSR count). The van der Waals surface area contributed by atoms with Gasteiger partial charge in [0.2, 0.25) is 5.91 Å². The predicted molar refractivity (Wildman–Crippen MR) is 102 cm³/mol. The van der Waals surface area contributed by atoms with Crippen LogP contribution in [0.4, 0.5) is 4.79 Å². The number of nitrogens with one attached hydrogen (secondary N) is 1. The molecule has 0 radical (unpaired) electrons. The molecule has 0 aromatic heterocycles. The number of carbonyl (C=O) groups excluding carboxylic acids is 2. The zero-order valence-corrected chi connectivity index (χ0v) is 15.0. The lowest BCUT2D eigenvalue weighted by Gasteiger charge is -2.22. The number of benzene rings is 2. The molecule has 0 bridgehead atoms. The van der Waals surface area contributed by atoms with Crippen LogP contribution < -0.4 is 21.5 Å². The monoisotopic (exact) mass is 368 g/mol. The first-order chi connectivity index (χ1) is 13.0. The molecule has 0 saturated carbocycles. The fourth-order valence-electron chi connectivity index (χ4n) is 3.16. The van der Waals surface area contributed by atoms with Gasteiger partial charge >= 0.3 is 6.03 Å². The van der Waals surface area contributed by atoms with Crippen LogP contribution in [-0.2, 0) is 4.79 Å². The van der Waals surface area contributed by atoms with E-state index in [9.17, 15) is 9.59 Å². The van der Waals surface area contributed by atoms with E-state index in [0.717, 1.165) is 12.0 Å². The van der Waals surface area contributed by atoms with Crippen LogP contribution in [0.15, 0.2) is 54.6 Å². The Bertz CT molecular complexity index is 797. The summed E-state index contributed by atoms with van der Waals surface area (Å²) < 4.78 is 5.84. The molecule has 1 heterocycles. The van der Waals surface area contributed by atoms with Crippen LogP contribution in [0.1, 0.15) is 24.4 Å². The third kappa shape index (κ3) is 5.21. The first-order valence-corrected chi connectivity index (χ1v) is 8.93. The number of urea groups is 1. The van der Waals surface area contributed by atoms with Gasteiger partial charge in [-0.3, -0.25) is 4.79 Å². The van der Waals surface area contributed by atoms with Crippen LogP contribution in [0.3, 0.4) is 0 Å². The number of nitrogens with zero attached hydrogens (tertiary/aromatic N) is 1. The zero-order chi connectivity index (χ0) is 19.2. The minimum absolute atomic E-state index is 0.0131. The number of ether oxygens (including phenoxy) is 1. The average Bonchev–Trinajstić information content (AvgIpc) is 3.08. The van der Waals surface area contributed by atoms with Gasteiger partial charge in [-0.2, -0.15) is 0 Å². The summed E-state index contributed by atoms with van der Waals surface area (Å²) in [5.41, 5.74) is 11.9. The summed E-state index contributed by atoms with van der Waals surface area (Å²) in [4.78, 5) is 25.8. The minimum atomic E-state index is -0.680. The Labute approximate surface area is 158 Å². The fourth-order valence-corrected chi connectivity index (χ4v) is 3.16. The molecule has 1 aliphatic heterocycles. The summed E-state index contributed by atoms with van der Waals surface area (Å²) in [6, 6.07) is 15.5. The van der Waals surface area contributed by atoms with Crippen molar-refractivity contribution in [1.29, 1.82) is 0 Å². The molecule has 7 heteroatoms. The smallest absolute Gasteiger partial charge is 0.312 e. The van der Waals surface area contributed by atoms with Crippen molar-refractivity contribution in [1.82, 2.24) is 10.2 Å².